The van der Waals surface area contributed by atoms with Gasteiger partial charge in [0.2, 0.25) is 11.8 Å². The molecular formula is C22H28N4O5. The van der Waals surface area contributed by atoms with Gasteiger partial charge >= 0.3 is 0 Å². The number of nitrogens with zero attached hydrogens (tertiary/aromatic N) is 1. The molecule has 1 aromatic rings. The summed E-state index contributed by atoms with van der Waals surface area (Å²) >= 11 is 0. The van der Waals surface area contributed by atoms with Crippen LogP contribution in [0, 0.1) is 0 Å². The van der Waals surface area contributed by atoms with Crippen molar-refractivity contribution in [2.45, 2.75) is 50.2 Å². The molecule has 0 aromatic heterocycles. The van der Waals surface area contributed by atoms with Crippen LogP contribution in [-0.2, 0) is 20.9 Å². The second kappa shape index (κ2) is 8.86. The molecule has 1 unspecified atom stereocenters. The van der Waals surface area contributed by atoms with Gasteiger partial charge < -0.3 is 15.4 Å². The summed E-state index contributed by atoms with van der Waals surface area (Å²) in [4.78, 5) is 50.4. The Morgan fingerprint density at radius 2 is 1.87 bits per heavy atom. The molecule has 166 valence electrons. The van der Waals surface area contributed by atoms with Gasteiger partial charge in [0.1, 0.15) is 6.04 Å². The highest BCUT2D eigenvalue weighted by Gasteiger charge is 2.44. The van der Waals surface area contributed by atoms with E-state index in [1.807, 2.05) is 6.07 Å². The predicted octanol–water partition coefficient (Wildman–Crippen LogP) is 0.336. The average molecular weight is 428 g/mol. The molecule has 4 rings (SSSR count). The number of imide groups is 2. The van der Waals surface area contributed by atoms with E-state index in [4.69, 9.17) is 4.74 Å². The monoisotopic (exact) mass is 428 g/mol. The van der Waals surface area contributed by atoms with Crippen molar-refractivity contribution < 1.29 is 23.9 Å². The van der Waals surface area contributed by atoms with Gasteiger partial charge in [0.15, 0.2) is 0 Å². The molecule has 4 amide bonds. The van der Waals surface area contributed by atoms with Crippen LogP contribution in [0.25, 0.3) is 0 Å². The maximum Gasteiger partial charge on any atom is 0.262 e. The number of carbonyl (C=O) groups is 4. The Morgan fingerprint density at radius 1 is 1.13 bits per heavy atom. The SMILES string of the molecule is COCCC1(NCc2ccc3c(c2)C(=O)N(C2CCC(=O)NC2=O)C3=O)CCNCC1. The highest BCUT2D eigenvalue weighted by molar-refractivity contribution is 6.23. The van der Waals surface area contributed by atoms with Gasteiger partial charge in [0, 0.05) is 32.2 Å². The number of hydrogen-bond acceptors (Lipinski definition) is 7. The molecule has 3 aliphatic heterocycles. The molecule has 0 spiro atoms. The molecule has 3 aliphatic rings. The number of piperidine rings is 2. The van der Waals surface area contributed by atoms with Crippen molar-refractivity contribution in [1.82, 2.24) is 20.9 Å². The fourth-order valence-electron chi connectivity index (χ4n) is 4.64. The molecule has 0 aliphatic carbocycles. The van der Waals surface area contributed by atoms with E-state index in [1.165, 1.54) is 0 Å². The Bertz CT molecular complexity index is 909. The minimum absolute atomic E-state index is 0.0289. The van der Waals surface area contributed by atoms with Gasteiger partial charge in [-0.25, -0.2) is 0 Å². The van der Waals surface area contributed by atoms with Crippen molar-refractivity contribution in [1.29, 1.82) is 0 Å². The van der Waals surface area contributed by atoms with E-state index < -0.39 is 23.8 Å². The first-order chi connectivity index (χ1) is 14.9. The summed E-state index contributed by atoms with van der Waals surface area (Å²) in [6.45, 7) is 3.12. The summed E-state index contributed by atoms with van der Waals surface area (Å²) in [7, 11) is 1.70. The third-order valence-electron chi connectivity index (χ3n) is 6.52. The van der Waals surface area contributed by atoms with E-state index in [2.05, 4.69) is 16.0 Å². The van der Waals surface area contributed by atoms with Gasteiger partial charge in [0.05, 0.1) is 11.1 Å². The van der Waals surface area contributed by atoms with Crippen LogP contribution in [0.4, 0.5) is 0 Å². The first-order valence-electron chi connectivity index (χ1n) is 10.7. The number of hydrogen-bond donors (Lipinski definition) is 3. The lowest BCUT2D eigenvalue weighted by Gasteiger charge is -2.39. The quantitative estimate of drug-likeness (QED) is 0.536. The first-order valence-corrected chi connectivity index (χ1v) is 10.7. The van der Waals surface area contributed by atoms with Crippen LogP contribution in [-0.4, -0.2) is 66.9 Å². The van der Waals surface area contributed by atoms with Gasteiger partial charge in [-0.1, -0.05) is 6.07 Å². The first kappa shape index (κ1) is 21.6. The van der Waals surface area contributed by atoms with Crippen molar-refractivity contribution in [2.24, 2.45) is 0 Å². The largest absolute Gasteiger partial charge is 0.385 e. The highest BCUT2D eigenvalue weighted by Crippen LogP contribution is 2.29. The van der Waals surface area contributed by atoms with Crippen LogP contribution in [0.2, 0.25) is 0 Å². The average Bonchev–Trinajstić information content (AvgIpc) is 3.02. The fourth-order valence-corrected chi connectivity index (χ4v) is 4.64. The molecule has 1 aromatic carbocycles. The smallest absolute Gasteiger partial charge is 0.262 e. The van der Waals surface area contributed by atoms with Gasteiger partial charge in [-0.05, 0) is 56.5 Å². The molecule has 2 fully saturated rings. The lowest BCUT2D eigenvalue weighted by atomic mass is 9.85. The maximum absolute atomic E-state index is 13.0. The third kappa shape index (κ3) is 4.26. The van der Waals surface area contributed by atoms with Crippen LogP contribution >= 0.6 is 0 Å². The summed E-state index contributed by atoms with van der Waals surface area (Å²) < 4.78 is 5.29. The zero-order valence-corrected chi connectivity index (χ0v) is 17.7. The number of carbonyl (C=O) groups excluding carboxylic acids is 4. The number of ether oxygens (including phenoxy) is 1. The molecule has 0 bridgehead atoms. The zero-order valence-electron chi connectivity index (χ0n) is 17.7. The molecule has 3 heterocycles. The Labute approximate surface area is 180 Å². The minimum atomic E-state index is -0.946. The zero-order chi connectivity index (χ0) is 22.0. The molecular weight excluding hydrogens is 400 g/mol. The minimum Gasteiger partial charge on any atom is -0.385 e. The van der Waals surface area contributed by atoms with E-state index in [-0.39, 0.29) is 24.3 Å². The van der Waals surface area contributed by atoms with Crippen molar-refractivity contribution >= 4 is 23.6 Å². The number of methoxy groups -OCH3 is 1. The third-order valence-corrected chi connectivity index (χ3v) is 6.52. The number of amides is 4. The van der Waals surface area contributed by atoms with Gasteiger partial charge in [-0.3, -0.25) is 29.4 Å². The van der Waals surface area contributed by atoms with Crippen LogP contribution in [0.15, 0.2) is 18.2 Å². The van der Waals surface area contributed by atoms with Crippen LogP contribution < -0.4 is 16.0 Å². The molecule has 3 N–H and O–H groups in total. The topological polar surface area (TPSA) is 117 Å². The lowest BCUT2D eigenvalue weighted by Crippen LogP contribution is -2.54. The van der Waals surface area contributed by atoms with Crippen molar-refractivity contribution in [2.75, 3.05) is 26.8 Å². The summed E-state index contributed by atoms with van der Waals surface area (Å²) in [5, 5.41) is 9.25. The number of nitrogens with one attached hydrogen (secondary N) is 3. The number of rotatable bonds is 7. The Hall–Kier alpha value is -2.62. The Balaban J connectivity index is 1.49. The Morgan fingerprint density at radius 3 is 2.58 bits per heavy atom. The summed E-state index contributed by atoms with van der Waals surface area (Å²) in [5.41, 5.74) is 1.48. The fraction of sp³-hybridized carbons (Fsp3) is 0.545. The standard InChI is InChI=1S/C22H28N4O5/c1-31-11-8-22(6-9-23-10-7-22)24-13-14-2-3-15-16(12-14)21(30)26(20(15)29)17-4-5-18(27)25-19(17)28/h2-3,12,17,23-24H,4-11,13H2,1H3,(H,25,27,28). The van der Waals surface area contributed by atoms with Crippen molar-refractivity contribution in [3.63, 3.8) is 0 Å². The highest BCUT2D eigenvalue weighted by atomic mass is 16.5. The van der Waals surface area contributed by atoms with Gasteiger partial charge in [-0.15, -0.1) is 0 Å². The molecule has 0 saturated carbocycles. The molecule has 9 heteroatoms. The number of benzene rings is 1. The lowest BCUT2D eigenvalue weighted by molar-refractivity contribution is -0.136. The van der Waals surface area contributed by atoms with Crippen LogP contribution in [0.3, 0.4) is 0 Å². The van der Waals surface area contributed by atoms with E-state index in [0.717, 1.165) is 42.8 Å². The predicted molar refractivity (Wildman–Crippen MR) is 111 cm³/mol. The molecule has 31 heavy (non-hydrogen) atoms. The summed E-state index contributed by atoms with van der Waals surface area (Å²) in [6.07, 6.45) is 3.14. The summed E-state index contributed by atoms with van der Waals surface area (Å²) in [5.74, 6) is -1.94. The van der Waals surface area contributed by atoms with Crippen LogP contribution in [0.5, 0.6) is 0 Å². The molecule has 9 nitrogen and oxygen atoms in total. The van der Waals surface area contributed by atoms with E-state index >= 15 is 0 Å². The molecule has 1 atom stereocenters. The second-order valence-electron chi connectivity index (χ2n) is 8.45. The van der Waals surface area contributed by atoms with Crippen LogP contribution in [0.1, 0.15) is 58.4 Å². The Kier molecular flexibility index (Phi) is 6.17. The van der Waals surface area contributed by atoms with E-state index in [0.29, 0.717) is 24.3 Å². The van der Waals surface area contributed by atoms with Gasteiger partial charge in [-0.2, -0.15) is 0 Å². The van der Waals surface area contributed by atoms with Crippen molar-refractivity contribution in [3.8, 4) is 0 Å². The maximum atomic E-state index is 13.0. The number of fused-ring (bicyclic) bond motifs is 1. The van der Waals surface area contributed by atoms with Crippen molar-refractivity contribution in [3.05, 3.63) is 34.9 Å². The van der Waals surface area contributed by atoms with E-state index in [9.17, 15) is 19.2 Å². The molecule has 2 saturated heterocycles. The van der Waals surface area contributed by atoms with E-state index in [1.54, 1.807) is 19.2 Å². The molecule has 0 radical (unpaired) electrons. The summed E-state index contributed by atoms with van der Waals surface area (Å²) in [6, 6.07) is 4.29. The second-order valence-corrected chi connectivity index (χ2v) is 8.45. The normalized spacial score (nSPS) is 23.1. The van der Waals surface area contributed by atoms with Gasteiger partial charge in [0.25, 0.3) is 11.8 Å².